The average Bonchev–Trinajstić information content (AvgIpc) is 2.54. The molecule has 0 aliphatic carbocycles. The molecule has 0 N–H and O–H groups in total. The number of hydrogen-bond acceptors (Lipinski definition) is 4. The summed E-state index contributed by atoms with van der Waals surface area (Å²) in [6.45, 7) is 0.555. The van der Waals surface area contributed by atoms with Crippen molar-refractivity contribution in [3.63, 3.8) is 0 Å². The van der Waals surface area contributed by atoms with E-state index in [9.17, 15) is 4.79 Å². The highest BCUT2D eigenvalue weighted by Crippen LogP contribution is 2.25. The summed E-state index contributed by atoms with van der Waals surface area (Å²) < 4.78 is 15.1. The van der Waals surface area contributed by atoms with Crippen LogP contribution in [0.3, 0.4) is 0 Å². The van der Waals surface area contributed by atoms with E-state index in [-0.39, 0.29) is 6.10 Å². The molecular weight excluding hydrogens is 172 g/mol. The number of carbonyl (C=O) groups is 1. The summed E-state index contributed by atoms with van der Waals surface area (Å²) in [6, 6.07) is 0. The van der Waals surface area contributed by atoms with E-state index >= 15 is 0 Å². The average molecular weight is 182 g/mol. The number of ether oxygens (including phenoxy) is 3. The van der Waals surface area contributed by atoms with Gasteiger partial charge in [0.15, 0.2) is 6.29 Å². The molecule has 2 bridgehead atoms. The smallest absolute Gasteiger partial charge is 0.330 e. The molecule has 13 heavy (non-hydrogen) atoms. The Morgan fingerprint density at radius 2 is 2.62 bits per heavy atom. The van der Waals surface area contributed by atoms with Crippen molar-refractivity contribution in [1.82, 2.24) is 0 Å². The predicted octanol–water partition coefficient (Wildman–Crippen LogP) is 0.397. The lowest BCUT2D eigenvalue weighted by molar-refractivity contribution is -0.135. The molecule has 1 fully saturated rings. The molecular formula is C9H10O4. The van der Waals surface area contributed by atoms with E-state index in [2.05, 4.69) is 4.74 Å². The first-order valence-corrected chi connectivity index (χ1v) is 4.04. The van der Waals surface area contributed by atoms with Crippen molar-refractivity contribution >= 4 is 5.97 Å². The molecule has 0 spiro atoms. The normalized spacial score (nSPS) is 33.8. The molecule has 2 aliphatic heterocycles. The van der Waals surface area contributed by atoms with E-state index in [1.807, 2.05) is 12.2 Å². The zero-order valence-corrected chi connectivity index (χ0v) is 7.23. The summed E-state index contributed by atoms with van der Waals surface area (Å²) in [5.74, 6) is -0.391. The van der Waals surface area contributed by atoms with Gasteiger partial charge in [-0.25, -0.2) is 4.79 Å². The Morgan fingerprint density at radius 3 is 3.38 bits per heavy atom. The molecule has 0 aromatic heterocycles. The van der Waals surface area contributed by atoms with Gasteiger partial charge >= 0.3 is 5.97 Å². The summed E-state index contributed by atoms with van der Waals surface area (Å²) in [6.07, 6.45) is 4.73. The lowest BCUT2D eigenvalue weighted by Gasteiger charge is -2.14. The van der Waals surface area contributed by atoms with Crippen LogP contribution in [0.2, 0.25) is 0 Å². The minimum Gasteiger partial charge on any atom is -0.466 e. The van der Waals surface area contributed by atoms with Crippen LogP contribution in [0.5, 0.6) is 0 Å². The third-order valence-electron chi connectivity index (χ3n) is 1.97. The van der Waals surface area contributed by atoms with Crippen LogP contribution in [0.4, 0.5) is 0 Å². The van der Waals surface area contributed by atoms with Gasteiger partial charge in [-0.15, -0.1) is 0 Å². The van der Waals surface area contributed by atoms with E-state index in [4.69, 9.17) is 9.47 Å². The van der Waals surface area contributed by atoms with Crippen LogP contribution in [-0.4, -0.2) is 32.1 Å². The second kappa shape index (κ2) is 3.32. The van der Waals surface area contributed by atoms with E-state index in [0.29, 0.717) is 12.2 Å². The van der Waals surface area contributed by atoms with Gasteiger partial charge in [0.25, 0.3) is 0 Å². The number of methoxy groups -OCH3 is 1. The third-order valence-corrected chi connectivity index (χ3v) is 1.97. The Balaban J connectivity index is 2.16. The van der Waals surface area contributed by atoms with Crippen molar-refractivity contribution in [3.05, 3.63) is 23.8 Å². The SMILES string of the molecule is COC(=O)/C=C1\C=C[C@H]2CO[C@@H]1O2. The van der Waals surface area contributed by atoms with Crippen molar-refractivity contribution in [2.45, 2.75) is 12.4 Å². The first kappa shape index (κ1) is 8.47. The molecule has 2 aliphatic rings. The van der Waals surface area contributed by atoms with Crippen molar-refractivity contribution in [2.24, 2.45) is 0 Å². The third kappa shape index (κ3) is 1.64. The number of esters is 1. The fourth-order valence-corrected chi connectivity index (χ4v) is 1.30. The van der Waals surface area contributed by atoms with E-state index in [0.717, 1.165) is 0 Å². The van der Waals surface area contributed by atoms with Gasteiger partial charge in [0.2, 0.25) is 0 Å². The van der Waals surface area contributed by atoms with Crippen LogP contribution in [0, 0.1) is 0 Å². The quantitative estimate of drug-likeness (QED) is 0.435. The van der Waals surface area contributed by atoms with Crippen molar-refractivity contribution in [1.29, 1.82) is 0 Å². The molecule has 2 rings (SSSR count). The predicted molar refractivity (Wildman–Crippen MR) is 43.9 cm³/mol. The standard InChI is InChI=1S/C9H10O4/c1-11-8(10)4-6-2-3-7-5-12-9(6)13-7/h2-4,7,9H,5H2,1H3/b6-4+/t7-,9+/m0/s1. The Bertz CT molecular complexity index is 279. The molecule has 4 heteroatoms. The number of rotatable bonds is 1. The molecule has 0 aromatic rings. The van der Waals surface area contributed by atoms with Gasteiger partial charge in [-0.3, -0.25) is 0 Å². The second-order valence-corrected chi connectivity index (χ2v) is 2.87. The maximum atomic E-state index is 10.9. The van der Waals surface area contributed by atoms with Crippen molar-refractivity contribution in [2.75, 3.05) is 13.7 Å². The Labute approximate surface area is 75.8 Å². The Morgan fingerprint density at radius 1 is 1.77 bits per heavy atom. The van der Waals surface area contributed by atoms with E-state index in [1.54, 1.807) is 0 Å². The molecule has 4 nitrogen and oxygen atoms in total. The summed E-state index contributed by atoms with van der Waals surface area (Å²) in [4.78, 5) is 10.9. The fraction of sp³-hybridized carbons (Fsp3) is 0.444. The maximum Gasteiger partial charge on any atom is 0.330 e. The first-order chi connectivity index (χ1) is 6.29. The first-order valence-electron chi connectivity index (χ1n) is 4.04. The highest BCUT2D eigenvalue weighted by Gasteiger charge is 2.30. The van der Waals surface area contributed by atoms with Gasteiger partial charge in [-0.05, 0) is 0 Å². The highest BCUT2D eigenvalue weighted by molar-refractivity contribution is 5.83. The summed E-state index contributed by atoms with van der Waals surface area (Å²) in [7, 11) is 1.34. The highest BCUT2D eigenvalue weighted by atomic mass is 16.7. The molecule has 2 heterocycles. The molecule has 0 unspecified atom stereocenters. The Hall–Kier alpha value is -1.13. The minimum absolute atomic E-state index is 0.0415. The number of hydrogen-bond donors (Lipinski definition) is 0. The van der Waals surface area contributed by atoms with Gasteiger partial charge in [-0.1, -0.05) is 12.2 Å². The fourth-order valence-electron chi connectivity index (χ4n) is 1.30. The second-order valence-electron chi connectivity index (χ2n) is 2.87. The maximum absolute atomic E-state index is 10.9. The molecule has 1 saturated heterocycles. The lowest BCUT2D eigenvalue weighted by atomic mass is 10.1. The van der Waals surface area contributed by atoms with Gasteiger partial charge in [-0.2, -0.15) is 0 Å². The van der Waals surface area contributed by atoms with Crippen LogP contribution >= 0.6 is 0 Å². The summed E-state index contributed by atoms with van der Waals surface area (Å²) >= 11 is 0. The van der Waals surface area contributed by atoms with Crippen molar-refractivity contribution < 1.29 is 19.0 Å². The lowest BCUT2D eigenvalue weighted by Crippen LogP contribution is -2.17. The molecule has 0 aromatic carbocycles. The molecule has 70 valence electrons. The minimum atomic E-state index is -0.394. The van der Waals surface area contributed by atoms with Gasteiger partial charge in [0, 0.05) is 11.6 Å². The zero-order valence-electron chi connectivity index (χ0n) is 7.23. The summed E-state index contributed by atoms with van der Waals surface area (Å²) in [5, 5.41) is 0. The van der Waals surface area contributed by atoms with Crippen LogP contribution in [-0.2, 0) is 19.0 Å². The monoisotopic (exact) mass is 182 g/mol. The van der Waals surface area contributed by atoms with Gasteiger partial charge in [0.1, 0.15) is 6.10 Å². The van der Waals surface area contributed by atoms with Crippen LogP contribution in [0.25, 0.3) is 0 Å². The van der Waals surface area contributed by atoms with E-state index < -0.39 is 12.3 Å². The topological polar surface area (TPSA) is 44.8 Å². The number of fused-ring (bicyclic) bond motifs is 2. The van der Waals surface area contributed by atoms with Crippen LogP contribution in [0.1, 0.15) is 0 Å². The molecule has 0 amide bonds. The van der Waals surface area contributed by atoms with Crippen molar-refractivity contribution in [3.8, 4) is 0 Å². The zero-order chi connectivity index (χ0) is 9.26. The van der Waals surface area contributed by atoms with Crippen LogP contribution < -0.4 is 0 Å². The van der Waals surface area contributed by atoms with Crippen LogP contribution in [0.15, 0.2) is 23.8 Å². The Kier molecular flexibility index (Phi) is 2.16. The van der Waals surface area contributed by atoms with Gasteiger partial charge in [0.05, 0.1) is 13.7 Å². The largest absolute Gasteiger partial charge is 0.466 e. The molecule has 2 atom stereocenters. The molecule has 0 saturated carbocycles. The number of carbonyl (C=O) groups excluding carboxylic acids is 1. The summed E-state index contributed by atoms with van der Waals surface area (Å²) in [5.41, 5.74) is 0.709. The van der Waals surface area contributed by atoms with E-state index in [1.165, 1.54) is 13.2 Å². The molecule has 0 radical (unpaired) electrons. The van der Waals surface area contributed by atoms with Gasteiger partial charge < -0.3 is 14.2 Å².